The number of carbonyl (C=O) groups excluding carboxylic acids is 2. The summed E-state index contributed by atoms with van der Waals surface area (Å²) < 4.78 is 0. The number of rotatable bonds is 8. The Balaban J connectivity index is 0.00000392. The highest BCUT2D eigenvalue weighted by atomic mass is 35.5. The molecule has 0 spiro atoms. The highest BCUT2D eigenvalue weighted by Crippen LogP contribution is 2.24. The summed E-state index contributed by atoms with van der Waals surface area (Å²) in [6.45, 7) is 4.48. The van der Waals surface area contributed by atoms with E-state index in [1.807, 2.05) is 38.1 Å². The van der Waals surface area contributed by atoms with Crippen molar-refractivity contribution in [3.63, 3.8) is 0 Å². The minimum atomic E-state index is -0.603. The van der Waals surface area contributed by atoms with Gasteiger partial charge < -0.3 is 16.4 Å². The Kier molecular flexibility index (Phi) is 13.2. The van der Waals surface area contributed by atoms with Gasteiger partial charge >= 0.3 is 0 Å². The lowest BCUT2D eigenvalue weighted by atomic mass is 9.94. The molecule has 1 atom stereocenters. The maximum atomic E-state index is 12.3. The third kappa shape index (κ3) is 8.91. The lowest BCUT2D eigenvalue weighted by Gasteiger charge is -2.31. The number of halogens is 2. The zero-order valence-corrected chi connectivity index (χ0v) is 19.3. The van der Waals surface area contributed by atoms with Crippen molar-refractivity contribution in [2.45, 2.75) is 64.6 Å². The van der Waals surface area contributed by atoms with Crippen LogP contribution in [-0.2, 0) is 16.1 Å². The summed E-state index contributed by atoms with van der Waals surface area (Å²) in [6, 6.07) is 7.86. The molecule has 1 fully saturated rings. The fourth-order valence-corrected chi connectivity index (χ4v) is 3.48. The van der Waals surface area contributed by atoms with Crippen LogP contribution in [0.1, 0.15) is 51.5 Å². The van der Waals surface area contributed by atoms with E-state index in [9.17, 15) is 9.59 Å². The molecule has 0 aliphatic heterocycles. The van der Waals surface area contributed by atoms with Gasteiger partial charge in [-0.15, -0.1) is 24.8 Å². The van der Waals surface area contributed by atoms with Crippen LogP contribution in [0.3, 0.4) is 0 Å². The van der Waals surface area contributed by atoms with Crippen molar-refractivity contribution < 1.29 is 9.59 Å². The molecule has 0 aromatic heterocycles. The van der Waals surface area contributed by atoms with E-state index in [4.69, 9.17) is 5.73 Å². The van der Waals surface area contributed by atoms with Gasteiger partial charge in [0, 0.05) is 18.3 Å². The fourth-order valence-electron chi connectivity index (χ4n) is 3.48. The molecule has 1 aliphatic carbocycles. The summed E-state index contributed by atoms with van der Waals surface area (Å²) in [5.41, 5.74) is 7.69. The Labute approximate surface area is 187 Å². The molecule has 0 saturated heterocycles. The van der Waals surface area contributed by atoms with E-state index >= 15 is 0 Å². The highest BCUT2D eigenvalue weighted by molar-refractivity contribution is 5.95. The van der Waals surface area contributed by atoms with Gasteiger partial charge in [-0.05, 0) is 37.4 Å². The van der Waals surface area contributed by atoms with E-state index in [1.165, 1.54) is 32.1 Å². The normalized spacial score (nSPS) is 15.2. The number of nitrogens with one attached hydrogen (secondary N) is 2. The van der Waals surface area contributed by atoms with Gasteiger partial charge in [0.15, 0.2) is 0 Å². The van der Waals surface area contributed by atoms with Crippen LogP contribution in [0.2, 0.25) is 0 Å². The summed E-state index contributed by atoms with van der Waals surface area (Å²) in [6.07, 6.45) is 6.42. The average Bonchev–Trinajstić information content (AvgIpc) is 2.67. The molecule has 1 aromatic carbocycles. The molecule has 2 amide bonds. The molecular weight excluding hydrogens is 411 g/mol. The van der Waals surface area contributed by atoms with Crippen LogP contribution in [0.4, 0.5) is 5.69 Å². The smallest absolute Gasteiger partial charge is 0.243 e. The number of nitrogens with two attached hydrogens (primary N) is 1. The van der Waals surface area contributed by atoms with Crippen molar-refractivity contribution in [3.8, 4) is 0 Å². The average molecular weight is 447 g/mol. The van der Waals surface area contributed by atoms with Crippen molar-refractivity contribution in [1.82, 2.24) is 10.2 Å². The van der Waals surface area contributed by atoms with Gasteiger partial charge in [0.2, 0.25) is 11.8 Å². The number of benzene rings is 1. The molecule has 0 unspecified atom stereocenters. The van der Waals surface area contributed by atoms with Crippen molar-refractivity contribution in [1.29, 1.82) is 0 Å². The fraction of sp³-hybridized carbons (Fsp3) is 0.619. The van der Waals surface area contributed by atoms with Gasteiger partial charge in [-0.3, -0.25) is 14.5 Å². The number of carbonyl (C=O) groups is 2. The van der Waals surface area contributed by atoms with Crippen molar-refractivity contribution in [2.75, 3.05) is 18.9 Å². The van der Waals surface area contributed by atoms with Crippen LogP contribution < -0.4 is 16.4 Å². The SMILES string of the molecule is CC(C)[C@H](N)C(=O)NCC(=O)Nc1ccccc1CN(C)C1CCCCC1.Cl.Cl. The molecule has 29 heavy (non-hydrogen) atoms. The summed E-state index contributed by atoms with van der Waals surface area (Å²) in [5, 5.41) is 5.53. The molecule has 0 radical (unpaired) electrons. The first-order chi connectivity index (χ1) is 12.9. The molecule has 166 valence electrons. The quantitative estimate of drug-likeness (QED) is 0.571. The largest absolute Gasteiger partial charge is 0.346 e. The van der Waals surface area contributed by atoms with Crippen molar-refractivity contribution >= 4 is 42.3 Å². The predicted octanol–water partition coefficient (Wildman–Crippen LogP) is 3.33. The molecule has 0 bridgehead atoms. The zero-order valence-electron chi connectivity index (χ0n) is 17.6. The van der Waals surface area contributed by atoms with E-state index in [0.717, 1.165) is 17.8 Å². The molecule has 1 aliphatic rings. The predicted molar refractivity (Wildman–Crippen MR) is 124 cm³/mol. The zero-order chi connectivity index (χ0) is 19.8. The van der Waals surface area contributed by atoms with Crippen LogP contribution in [0, 0.1) is 5.92 Å². The molecule has 1 saturated carbocycles. The summed E-state index contributed by atoms with van der Waals surface area (Å²) in [4.78, 5) is 26.6. The van der Waals surface area contributed by atoms with E-state index < -0.39 is 6.04 Å². The lowest BCUT2D eigenvalue weighted by Crippen LogP contribution is -2.46. The number of hydrogen-bond acceptors (Lipinski definition) is 4. The third-order valence-corrected chi connectivity index (χ3v) is 5.35. The first kappa shape index (κ1) is 27.7. The van der Waals surface area contributed by atoms with Crippen molar-refractivity contribution in [3.05, 3.63) is 29.8 Å². The van der Waals surface area contributed by atoms with Gasteiger partial charge in [-0.1, -0.05) is 51.3 Å². The van der Waals surface area contributed by atoms with Crippen LogP contribution in [0.25, 0.3) is 0 Å². The minimum Gasteiger partial charge on any atom is -0.346 e. The number of hydrogen-bond donors (Lipinski definition) is 3. The van der Waals surface area contributed by atoms with E-state index in [-0.39, 0.29) is 49.1 Å². The topological polar surface area (TPSA) is 87.5 Å². The second kappa shape index (κ2) is 13.8. The minimum absolute atomic E-state index is 0. The number of amides is 2. The van der Waals surface area contributed by atoms with Crippen LogP contribution in [0.5, 0.6) is 0 Å². The van der Waals surface area contributed by atoms with Gasteiger partial charge in [-0.25, -0.2) is 0 Å². The first-order valence-corrected chi connectivity index (χ1v) is 9.99. The summed E-state index contributed by atoms with van der Waals surface area (Å²) in [5.74, 6) is -0.512. The van der Waals surface area contributed by atoms with Crippen LogP contribution in [0.15, 0.2) is 24.3 Å². The first-order valence-electron chi connectivity index (χ1n) is 9.99. The van der Waals surface area contributed by atoms with E-state index in [0.29, 0.717) is 6.04 Å². The molecule has 0 heterocycles. The van der Waals surface area contributed by atoms with Gasteiger partial charge in [-0.2, -0.15) is 0 Å². The Hall–Kier alpha value is -1.34. The molecule has 4 N–H and O–H groups in total. The lowest BCUT2D eigenvalue weighted by molar-refractivity contribution is -0.125. The van der Waals surface area contributed by atoms with E-state index in [2.05, 4.69) is 22.6 Å². The van der Waals surface area contributed by atoms with Gasteiger partial charge in [0.25, 0.3) is 0 Å². The number of nitrogens with zero attached hydrogens (tertiary/aromatic N) is 1. The summed E-state index contributed by atoms with van der Waals surface area (Å²) >= 11 is 0. The number of anilines is 1. The van der Waals surface area contributed by atoms with Crippen LogP contribution in [-0.4, -0.2) is 42.4 Å². The standard InChI is InChI=1S/C21H34N4O2.2ClH/c1-15(2)20(22)21(27)23-13-19(26)24-18-12-8-7-9-16(18)14-25(3)17-10-5-4-6-11-17;;/h7-9,12,15,17,20H,4-6,10-11,13-14,22H2,1-3H3,(H,23,27)(H,24,26);2*1H/t20-;;/m0../s1. The van der Waals surface area contributed by atoms with Gasteiger partial charge in [0.05, 0.1) is 12.6 Å². The molecule has 8 heteroatoms. The molecule has 6 nitrogen and oxygen atoms in total. The second-order valence-corrected chi connectivity index (χ2v) is 7.90. The van der Waals surface area contributed by atoms with E-state index in [1.54, 1.807) is 0 Å². The highest BCUT2D eigenvalue weighted by Gasteiger charge is 2.20. The Bertz CT molecular complexity index is 637. The third-order valence-electron chi connectivity index (χ3n) is 5.35. The Morgan fingerprint density at radius 1 is 1.14 bits per heavy atom. The Morgan fingerprint density at radius 3 is 2.38 bits per heavy atom. The van der Waals surface area contributed by atoms with Crippen molar-refractivity contribution in [2.24, 2.45) is 11.7 Å². The van der Waals surface area contributed by atoms with Crippen LogP contribution >= 0.6 is 24.8 Å². The number of para-hydroxylation sites is 1. The summed E-state index contributed by atoms with van der Waals surface area (Å²) in [7, 11) is 2.15. The maximum Gasteiger partial charge on any atom is 0.243 e. The molecule has 2 rings (SSSR count). The maximum absolute atomic E-state index is 12.3. The molecular formula is C21H36Cl2N4O2. The second-order valence-electron chi connectivity index (χ2n) is 7.90. The molecule has 1 aromatic rings. The monoisotopic (exact) mass is 446 g/mol. The Morgan fingerprint density at radius 2 is 1.76 bits per heavy atom. The van der Waals surface area contributed by atoms with Gasteiger partial charge in [0.1, 0.15) is 0 Å².